The second-order valence-corrected chi connectivity index (χ2v) is 11.4. The lowest BCUT2D eigenvalue weighted by atomic mass is 9.92. The molecule has 250 valence electrons. The van der Waals surface area contributed by atoms with Crippen LogP contribution in [0, 0.1) is 11.8 Å². The molecule has 4 N–H and O–H groups in total. The van der Waals surface area contributed by atoms with Crippen molar-refractivity contribution in [2.24, 2.45) is 11.8 Å². The van der Waals surface area contributed by atoms with Crippen LogP contribution < -0.4 is 15.4 Å². The zero-order valence-electron chi connectivity index (χ0n) is 26.7. The number of phenolic OH excluding ortho intramolecular Hbond substituents is 1. The Bertz CT molecular complexity index is 1440. The number of hydrogen-bond acceptors (Lipinski definition) is 12. The smallest absolute Gasteiger partial charge is 0.332 e. The van der Waals surface area contributed by atoms with E-state index in [9.17, 15) is 34.2 Å². The number of esters is 3. The van der Waals surface area contributed by atoms with E-state index in [1.807, 2.05) is 20.8 Å². The van der Waals surface area contributed by atoms with Gasteiger partial charge in [0.25, 0.3) is 11.8 Å². The van der Waals surface area contributed by atoms with E-state index in [1.165, 1.54) is 51.4 Å². The molecule has 1 aromatic heterocycles. The van der Waals surface area contributed by atoms with Crippen molar-refractivity contribution < 1.29 is 53.1 Å². The van der Waals surface area contributed by atoms with E-state index >= 15 is 0 Å². The van der Waals surface area contributed by atoms with Crippen molar-refractivity contribution in [3.8, 4) is 17.2 Å². The molecule has 2 amide bonds. The lowest BCUT2D eigenvalue weighted by molar-refractivity contribution is -0.175. The Kier molecular flexibility index (Phi) is 12.3. The number of anilines is 1. The first-order chi connectivity index (χ1) is 21.8. The molecule has 0 aliphatic carbocycles. The molecule has 1 fully saturated rings. The number of hydrogen-bond donors (Lipinski definition) is 4. The second kappa shape index (κ2) is 15.9. The van der Waals surface area contributed by atoms with Crippen LogP contribution in [0.5, 0.6) is 17.2 Å². The Morgan fingerprint density at radius 3 is 2.35 bits per heavy atom. The number of amides is 2. The lowest BCUT2D eigenvalue weighted by Gasteiger charge is -2.29. The van der Waals surface area contributed by atoms with Crippen LogP contribution in [0.3, 0.4) is 0 Å². The number of benzene rings is 1. The maximum absolute atomic E-state index is 13.4. The SMILES string of the molecule is CCCC[C@H]1C(=O)O[C@H](C)C(NC(=O)c2cccc(NC(=O)c3nccc(OC)c3O)c2O)C(=O)O[C@@H](C)[C@@H]1OC(=O)CC(C)C. The van der Waals surface area contributed by atoms with Crippen LogP contribution in [0.15, 0.2) is 30.5 Å². The Morgan fingerprint density at radius 2 is 1.70 bits per heavy atom. The number of carbonyl (C=O) groups excluding carboxylic acids is 5. The van der Waals surface area contributed by atoms with Crippen LogP contribution in [0.1, 0.15) is 81.1 Å². The Labute approximate surface area is 266 Å². The van der Waals surface area contributed by atoms with E-state index in [0.29, 0.717) is 12.8 Å². The van der Waals surface area contributed by atoms with Gasteiger partial charge in [-0.05, 0) is 38.3 Å². The van der Waals surface area contributed by atoms with Crippen molar-refractivity contribution >= 4 is 35.4 Å². The fourth-order valence-corrected chi connectivity index (χ4v) is 4.90. The van der Waals surface area contributed by atoms with Gasteiger partial charge in [0, 0.05) is 18.7 Å². The molecule has 1 unspecified atom stereocenters. The van der Waals surface area contributed by atoms with Gasteiger partial charge in [-0.3, -0.25) is 19.2 Å². The molecular weight excluding hydrogens is 602 g/mol. The van der Waals surface area contributed by atoms with Gasteiger partial charge in [-0.1, -0.05) is 39.7 Å². The Morgan fingerprint density at radius 1 is 1.00 bits per heavy atom. The number of aromatic hydroxyl groups is 2. The van der Waals surface area contributed by atoms with Crippen LogP contribution >= 0.6 is 0 Å². The summed E-state index contributed by atoms with van der Waals surface area (Å²) in [6, 6.07) is 3.75. The average Bonchev–Trinajstić information content (AvgIpc) is 3.01. The van der Waals surface area contributed by atoms with Gasteiger partial charge < -0.3 is 39.8 Å². The molecule has 1 aromatic carbocycles. The van der Waals surface area contributed by atoms with Crippen molar-refractivity contribution in [3.63, 3.8) is 0 Å². The fourth-order valence-electron chi connectivity index (χ4n) is 4.90. The van der Waals surface area contributed by atoms with E-state index in [1.54, 1.807) is 0 Å². The number of phenols is 1. The molecule has 3 rings (SSSR count). The van der Waals surface area contributed by atoms with Crippen LogP contribution in [-0.2, 0) is 28.6 Å². The number of ether oxygens (including phenoxy) is 4. The predicted octanol–water partition coefficient (Wildman–Crippen LogP) is 3.49. The zero-order chi connectivity index (χ0) is 34.1. The molecule has 0 radical (unpaired) electrons. The van der Waals surface area contributed by atoms with Crippen molar-refractivity contribution in [2.75, 3.05) is 12.4 Å². The van der Waals surface area contributed by atoms with E-state index in [0.717, 1.165) is 6.42 Å². The molecule has 1 saturated heterocycles. The Balaban J connectivity index is 1.85. The Hall–Kier alpha value is -4.88. The summed E-state index contributed by atoms with van der Waals surface area (Å²) in [4.78, 5) is 69.3. The van der Waals surface area contributed by atoms with Crippen LogP contribution in [0.4, 0.5) is 5.69 Å². The number of nitrogens with zero attached hydrogens (tertiary/aromatic N) is 1. The third kappa shape index (κ3) is 8.64. The molecule has 1 aliphatic rings. The fraction of sp³-hybridized carbons (Fsp3) is 0.500. The van der Waals surface area contributed by atoms with Crippen molar-refractivity contribution in [3.05, 3.63) is 41.7 Å². The first kappa shape index (κ1) is 35.6. The number of aromatic nitrogens is 1. The molecule has 2 heterocycles. The van der Waals surface area contributed by atoms with Gasteiger partial charge in [-0.25, -0.2) is 9.78 Å². The van der Waals surface area contributed by atoms with E-state index in [4.69, 9.17) is 18.9 Å². The van der Waals surface area contributed by atoms with Gasteiger partial charge >= 0.3 is 17.9 Å². The summed E-state index contributed by atoms with van der Waals surface area (Å²) in [5.74, 6) is -6.16. The largest absolute Gasteiger partial charge is 0.505 e. The molecule has 0 bridgehead atoms. The second-order valence-electron chi connectivity index (χ2n) is 11.4. The number of cyclic esters (lactones) is 2. The summed E-state index contributed by atoms with van der Waals surface area (Å²) in [5, 5.41) is 26.0. The van der Waals surface area contributed by atoms with E-state index in [2.05, 4.69) is 15.6 Å². The molecule has 5 atom stereocenters. The number of unbranched alkanes of at least 4 members (excludes halogenated alkanes) is 1. The molecule has 0 saturated carbocycles. The molecule has 0 spiro atoms. The highest BCUT2D eigenvalue weighted by molar-refractivity contribution is 6.08. The van der Waals surface area contributed by atoms with Gasteiger partial charge in [-0.2, -0.15) is 0 Å². The maximum Gasteiger partial charge on any atom is 0.332 e. The molecule has 2 aromatic rings. The minimum Gasteiger partial charge on any atom is -0.505 e. The third-order valence-electron chi connectivity index (χ3n) is 7.34. The summed E-state index contributed by atoms with van der Waals surface area (Å²) in [7, 11) is 1.30. The first-order valence-corrected chi connectivity index (χ1v) is 15.1. The topological polar surface area (TPSA) is 200 Å². The van der Waals surface area contributed by atoms with Gasteiger partial charge in [0.2, 0.25) is 0 Å². The number of carbonyl (C=O) groups is 5. The summed E-state index contributed by atoms with van der Waals surface area (Å²) < 4.78 is 21.9. The molecule has 14 heteroatoms. The first-order valence-electron chi connectivity index (χ1n) is 15.1. The van der Waals surface area contributed by atoms with Crippen molar-refractivity contribution in [1.29, 1.82) is 0 Å². The van der Waals surface area contributed by atoms with Crippen LogP contribution in [0.25, 0.3) is 0 Å². The van der Waals surface area contributed by atoms with Crippen molar-refractivity contribution in [2.45, 2.75) is 84.7 Å². The monoisotopic (exact) mass is 643 g/mol. The minimum atomic E-state index is -1.51. The number of pyridine rings is 1. The number of methoxy groups -OCH3 is 1. The lowest BCUT2D eigenvalue weighted by Crippen LogP contribution is -2.50. The normalized spacial score (nSPS) is 21.6. The van der Waals surface area contributed by atoms with Crippen molar-refractivity contribution in [1.82, 2.24) is 10.3 Å². The highest BCUT2D eigenvalue weighted by Gasteiger charge is 2.44. The zero-order valence-corrected chi connectivity index (χ0v) is 26.7. The number of nitrogens with one attached hydrogen (secondary N) is 2. The molecular formula is C32H41N3O11. The number of rotatable bonds is 11. The molecule has 1 aliphatic heterocycles. The highest BCUT2D eigenvalue weighted by atomic mass is 16.6. The predicted molar refractivity (Wildman–Crippen MR) is 163 cm³/mol. The quantitative estimate of drug-likeness (QED) is 0.158. The third-order valence-corrected chi connectivity index (χ3v) is 7.34. The van der Waals surface area contributed by atoms with Gasteiger partial charge in [0.1, 0.15) is 12.2 Å². The van der Waals surface area contributed by atoms with Gasteiger partial charge in [0.05, 0.1) is 24.3 Å². The molecule has 14 nitrogen and oxygen atoms in total. The standard InChI is InChI=1S/C32H41N3O11/c1-7-8-10-20-28(46-23(36)15-16(2)3)18(5)45-32(42)24(17(4)44-31(20)41)35-29(39)19-11-9-12-21(26(19)37)34-30(40)25-27(38)22(43-6)13-14-33-25/h9,11-14,16-18,20,24,28,37-38H,7-8,10,15H2,1-6H3,(H,34,40)(H,35,39)/t17-,18+,20-,24?,28+/m1/s1. The summed E-state index contributed by atoms with van der Waals surface area (Å²) in [5.41, 5.74) is -0.921. The van der Waals surface area contributed by atoms with E-state index < -0.39 is 77.2 Å². The summed E-state index contributed by atoms with van der Waals surface area (Å²) in [6.07, 6.45) is -0.358. The maximum atomic E-state index is 13.4. The summed E-state index contributed by atoms with van der Waals surface area (Å²) in [6.45, 7) is 8.53. The highest BCUT2D eigenvalue weighted by Crippen LogP contribution is 2.32. The minimum absolute atomic E-state index is 0.000232. The van der Waals surface area contributed by atoms with Gasteiger partial charge in [-0.15, -0.1) is 0 Å². The van der Waals surface area contributed by atoms with Crippen LogP contribution in [0.2, 0.25) is 0 Å². The average molecular weight is 644 g/mol. The number of para-hydroxylation sites is 1. The van der Waals surface area contributed by atoms with Gasteiger partial charge in [0.15, 0.2) is 35.1 Å². The van der Waals surface area contributed by atoms with E-state index in [-0.39, 0.29) is 29.3 Å². The summed E-state index contributed by atoms with van der Waals surface area (Å²) >= 11 is 0. The molecule has 46 heavy (non-hydrogen) atoms. The van der Waals surface area contributed by atoms with Crippen LogP contribution in [-0.4, -0.2) is 76.4 Å².